The summed E-state index contributed by atoms with van der Waals surface area (Å²) >= 11 is 1.09. The average Bonchev–Trinajstić information content (AvgIpc) is 2.67. The van der Waals surface area contributed by atoms with Crippen molar-refractivity contribution in [3.8, 4) is 5.75 Å². The van der Waals surface area contributed by atoms with E-state index < -0.39 is 11.6 Å². The minimum absolute atomic E-state index is 0.0431. The predicted molar refractivity (Wildman–Crippen MR) is 98.9 cm³/mol. The SMILES string of the molecule is COc1ccccc1N1CCN(C(=O)CSc2ccc(F)cc2F)CC1. The van der Waals surface area contributed by atoms with Gasteiger partial charge in [0.05, 0.1) is 18.6 Å². The molecule has 3 rings (SSSR count). The van der Waals surface area contributed by atoms with Crippen LogP contribution in [0.15, 0.2) is 47.4 Å². The van der Waals surface area contributed by atoms with E-state index in [0.717, 1.165) is 29.3 Å². The van der Waals surface area contributed by atoms with E-state index in [-0.39, 0.29) is 16.6 Å². The third kappa shape index (κ3) is 4.27. The molecule has 1 saturated heterocycles. The minimum atomic E-state index is -0.635. The molecule has 4 nitrogen and oxygen atoms in total. The monoisotopic (exact) mass is 378 g/mol. The van der Waals surface area contributed by atoms with E-state index >= 15 is 0 Å². The molecular formula is C19H20F2N2O2S. The summed E-state index contributed by atoms with van der Waals surface area (Å²) in [5.74, 6) is -0.348. The van der Waals surface area contributed by atoms with Crippen LogP contribution in [0.5, 0.6) is 5.75 Å². The van der Waals surface area contributed by atoms with E-state index in [4.69, 9.17) is 4.74 Å². The van der Waals surface area contributed by atoms with Crippen molar-refractivity contribution in [2.75, 3.05) is 43.9 Å². The lowest BCUT2D eigenvalue weighted by Gasteiger charge is -2.36. The van der Waals surface area contributed by atoms with Crippen molar-refractivity contribution >= 4 is 23.4 Å². The summed E-state index contributed by atoms with van der Waals surface area (Å²) in [6.07, 6.45) is 0. The number of benzene rings is 2. The Labute approximate surface area is 155 Å². The van der Waals surface area contributed by atoms with Crippen molar-refractivity contribution in [1.82, 2.24) is 4.90 Å². The fourth-order valence-electron chi connectivity index (χ4n) is 2.91. The van der Waals surface area contributed by atoms with Gasteiger partial charge in [-0.2, -0.15) is 0 Å². The van der Waals surface area contributed by atoms with Gasteiger partial charge >= 0.3 is 0 Å². The van der Waals surface area contributed by atoms with Gasteiger partial charge in [0.2, 0.25) is 5.91 Å². The summed E-state index contributed by atoms with van der Waals surface area (Å²) in [6.45, 7) is 2.62. The lowest BCUT2D eigenvalue weighted by atomic mass is 10.2. The second-order valence-corrected chi connectivity index (χ2v) is 6.92. The molecule has 0 radical (unpaired) electrons. The van der Waals surface area contributed by atoms with E-state index in [1.54, 1.807) is 12.0 Å². The molecule has 1 amide bonds. The van der Waals surface area contributed by atoms with Crippen LogP contribution in [0.2, 0.25) is 0 Å². The van der Waals surface area contributed by atoms with Gasteiger partial charge in [-0.05, 0) is 24.3 Å². The number of carbonyl (C=O) groups excluding carboxylic acids is 1. The molecule has 1 aliphatic rings. The van der Waals surface area contributed by atoms with Crippen LogP contribution < -0.4 is 9.64 Å². The van der Waals surface area contributed by atoms with Crippen LogP contribution in [0.3, 0.4) is 0 Å². The van der Waals surface area contributed by atoms with Crippen molar-refractivity contribution in [3.63, 3.8) is 0 Å². The number of anilines is 1. The second-order valence-electron chi connectivity index (χ2n) is 5.90. The first-order chi connectivity index (χ1) is 12.6. The maximum atomic E-state index is 13.6. The summed E-state index contributed by atoms with van der Waals surface area (Å²) < 4.78 is 32.0. The number of methoxy groups -OCH3 is 1. The van der Waals surface area contributed by atoms with Gasteiger partial charge in [0.25, 0.3) is 0 Å². The van der Waals surface area contributed by atoms with Gasteiger partial charge < -0.3 is 14.5 Å². The molecule has 0 aromatic heterocycles. The van der Waals surface area contributed by atoms with Crippen LogP contribution in [-0.2, 0) is 4.79 Å². The van der Waals surface area contributed by atoms with Crippen molar-refractivity contribution in [2.45, 2.75) is 4.90 Å². The molecule has 138 valence electrons. The van der Waals surface area contributed by atoms with Crippen LogP contribution in [-0.4, -0.2) is 49.8 Å². The summed E-state index contributed by atoms with van der Waals surface area (Å²) in [5.41, 5.74) is 1.02. The molecule has 1 heterocycles. The van der Waals surface area contributed by atoms with Crippen LogP contribution in [0, 0.1) is 11.6 Å². The lowest BCUT2D eigenvalue weighted by molar-refractivity contribution is -0.128. The topological polar surface area (TPSA) is 32.8 Å². The number of carbonyl (C=O) groups is 1. The number of rotatable bonds is 5. The fraction of sp³-hybridized carbons (Fsp3) is 0.316. The van der Waals surface area contributed by atoms with Crippen molar-refractivity contribution < 1.29 is 18.3 Å². The molecule has 0 N–H and O–H groups in total. The molecule has 0 aliphatic carbocycles. The fourth-order valence-corrected chi connectivity index (χ4v) is 3.73. The Morgan fingerprint density at radius 2 is 1.85 bits per heavy atom. The molecule has 0 spiro atoms. The van der Waals surface area contributed by atoms with E-state index in [9.17, 15) is 13.6 Å². The number of halogens is 2. The summed E-state index contributed by atoms with van der Waals surface area (Å²) in [5, 5.41) is 0. The molecule has 2 aromatic carbocycles. The average molecular weight is 378 g/mol. The Balaban J connectivity index is 1.53. The van der Waals surface area contributed by atoms with Crippen LogP contribution >= 0.6 is 11.8 Å². The normalized spacial score (nSPS) is 14.4. The first-order valence-corrected chi connectivity index (χ1v) is 9.30. The van der Waals surface area contributed by atoms with Gasteiger partial charge in [-0.15, -0.1) is 11.8 Å². The molecule has 0 saturated carbocycles. The highest BCUT2D eigenvalue weighted by Crippen LogP contribution is 2.28. The first-order valence-electron chi connectivity index (χ1n) is 8.32. The number of amides is 1. The Morgan fingerprint density at radius 3 is 2.54 bits per heavy atom. The maximum Gasteiger partial charge on any atom is 0.233 e. The highest BCUT2D eigenvalue weighted by Gasteiger charge is 2.23. The number of nitrogens with zero attached hydrogens (tertiary/aromatic N) is 2. The molecule has 26 heavy (non-hydrogen) atoms. The summed E-state index contributed by atoms with van der Waals surface area (Å²) in [7, 11) is 1.64. The Kier molecular flexibility index (Phi) is 5.98. The van der Waals surface area contributed by atoms with Gasteiger partial charge in [-0.1, -0.05) is 12.1 Å². The van der Waals surface area contributed by atoms with Gasteiger partial charge in [-0.25, -0.2) is 8.78 Å². The van der Waals surface area contributed by atoms with Crippen molar-refractivity contribution in [2.24, 2.45) is 0 Å². The van der Waals surface area contributed by atoms with Gasteiger partial charge in [0, 0.05) is 37.1 Å². The third-order valence-corrected chi connectivity index (χ3v) is 5.34. The molecule has 2 aromatic rings. The quantitative estimate of drug-likeness (QED) is 0.747. The van der Waals surface area contributed by atoms with E-state index in [1.807, 2.05) is 24.3 Å². The zero-order valence-electron chi connectivity index (χ0n) is 14.5. The number of hydrogen-bond donors (Lipinski definition) is 0. The van der Waals surface area contributed by atoms with Crippen LogP contribution in [0.1, 0.15) is 0 Å². The van der Waals surface area contributed by atoms with E-state index in [2.05, 4.69) is 4.90 Å². The highest BCUT2D eigenvalue weighted by molar-refractivity contribution is 8.00. The zero-order valence-corrected chi connectivity index (χ0v) is 15.3. The molecule has 0 bridgehead atoms. The summed E-state index contributed by atoms with van der Waals surface area (Å²) in [4.78, 5) is 16.6. The van der Waals surface area contributed by atoms with Crippen LogP contribution in [0.4, 0.5) is 14.5 Å². The van der Waals surface area contributed by atoms with Crippen LogP contribution in [0.25, 0.3) is 0 Å². The van der Waals surface area contributed by atoms with Crippen molar-refractivity contribution in [1.29, 1.82) is 0 Å². The molecular weight excluding hydrogens is 358 g/mol. The molecule has 1 aliphatic heterocycles. The zero-order chi connectivity index (χ0) is 18.5. The number of hydrogen-bond acceptors (Lipinski definition) is 4. The molecule has 0 atom stereocenters. The van der Waals surface area contributed by atoms with Crippen molar-refractivity contribution in [3.05, 3.63) is 54.1 Å². The molecule has 7 heteroatoms. The van der Waals surface area contributed by atoms with E-state index in [0.29, 0.717) is 26.2 Å². The standard InChI is InChI=1S/C19H20F2N2O2S/c1-25-17-5-3-2-4-16(17)22-8-10-23(11-9-22)19(24)13-26-18-7-6-14(20)12-15(18)21/h2-7,12H,8-11,13H2,1H3. The Hall–Kier alpha value is -2.28. The third-order valence-electron chi connectivity index (χ3n) is 4.30. The Morgan fingerprint density at radius 1 is 1.12 bits per heavy atom. The Bertz CT molecular complexity index is 780. The van der Waals surface area contributed by atoms with Gasteiger partial charge in [-0.3, -0.25) is 4.79 Å². The predicted octanol–water partition coefficient (Wildman–Crippen LogP) is 3.41. The number of ether oxygens (including phenoxy) is 1. The first kappa shape index (κ1) is 18.5. The number of piperazine rings is 1. The van der Waals surface area contributed by atoms with Gasteiger partial charge in [0.1, 0.15) is 17.4 Å². The second kappa shape index (κ2) is 8.40. The summed E-state index contributed by atoms with van der Waals surface area (Å²) in [6, 6.07) is 11.2. The number of thioether (sulfide) groups is 1. The maximum absolute atomic E-state index is 13.6. The number of para-hydroxylation sites is 2. The smallest absolute Gasteiger partial charge is 0.233 e. The molecule has 1 fully saturated rings. The minimum Gasteiger partial charge on any atom is -0.495 e. The highest BCUT2D eigenvalue weighted by atomic mass is 32.2. The van der Waals surface area contributed by atoms with Gasteiger partial charge in [0.15, 0.2) is 0 Å². The lowest BCUT2D eigenvalue weighted by Crippen LogP contribution is -2.49. The molecule has 0 unspecified atom stereocenters. The van der Waals surface area contributed by atoms with E-state index in [1.165, 1.54) is 12.1 Å². The largest absolute Gasteiger partial charge is 0.495 e.